The van der Waals surface area contributed by atoms with Gasteiger partial charge in [-0.25, -0.2) is 0 Å². The molecular weight excluding hydrogens is 373 g/mol. The minimum Gasteiger partial charge on any atom is -0.490 e. The lowest BCUT2D eigenvalue weighted by molar-refractivity contribution is 0.269. The van der Waals surface area contributed by atoms with Gasteiger partial charge in [0.15, 0.2) is 11.5 Å². The summed E-state index contributed by atoms with van der Waals surface area (Å²) < 4.78 is 11.6. The first kappa shape index (κ1) is 20.8. The van der Waals surface area contributed by atoms with E-state index in [1.807, 2.05) is 37.3 Å². The number of hydrogen-bond acceptors (Lipinski definition) is 4. The van der Waals surface area contributed by atoms with E-state index in [0.717, 1.165) is 30.5 Å². The average molecular weight is 398 g/mol. The third-order valence-electron chi connectivity index (χ3n) is 3.80. The molecule has 0 aliphatic rings. The van der Waals surface area contributed by atoms with Gasteiger partial charge in [-0.1, -0.05) is 35.3 Å². The van der Waals surface area contributed by atoms with Crippen LogP contribution in [0.5, 0.6) is 11.5 Å². The van der Waals surface area contributed by atoms with Crippen molar-refractivity contribution in [1.82, 2.24) is 5.32 Å². The van der Waals surface area contributed by atoms with Crippen molar-refractivity contribution in [2.45, 2.75) is 32.9 Å². The molecule has 2 rings (SSSR count). The summed E-state index contributed by atoms with van der Waals surface area (Å²) in [5.41, 5.74) is 1.97. The van der Waals surface area contributed by atoms with Gasteiger partial charge in [0.2, 0.25) is 0 Å². The molecule has 6 heteroatoms. The van der Waals surface area contributed by atoms with Gasteiger partial charge < -0.3 is 19.9 Å². The number of aliphatic hydroxyl groups excluding tert-OH is 1. The van der Waals surface area contributed by atoms with Crippen LogP contribution in [0.2, 0.25) is 10.0 Å². The maximum absolute atomic E-state index is 8.81. The van der Waals surface area contributed by atoms with Gasteiger partial charge >= 0.3 is 0 Å². The Bertz CT molecular complexity index is 678. The molecule has 0 heterocycles. The lowest BCUT2D eigenvalue weighted by atomic mass is 10.2. The van der Waals surface area contributed by atoms with Crippen LogP contribution in [0.3, 0.4) is 0 Å². The number of nitrogens with one attached hydrogen (secondary N) is 1. The molecule has 0 spiro atoms. The van der Waals surface area contributed by atoms with E-state index in [1.165, 1.54) is 0 Å². The molecule has 142 valence electrons. The predicted octanol–water partition coefficient (Wildman–Crippen LogP) is 4.83. The highest BCUT2D eigenvalue weighted by molar-refractivity contribution is 6.31. The van der Waals surface area contributed by atoms with Gasteiger partial charge in [-0.2, -0.15) is 0 Å². The Balaban J connectivity index is 2.03. The first-order valence-electron chi connectivity index (χ1n) is 8.78. The molecule has 0 aliphatic carbocycles. The Morgan fingerprint density at radius 3 is 2.42 bits per heavy atom. The van der Waals surface area contributed by atoms with Crippen LogP contribution < -0.4 is 14.8 Å². The van der Waals surface area contributed by atoms with E-state index in [9.17, 15) is 0 Å². The van der Waals surface area contributed by atoms with Crippen LogP contribution in [0.15, 0.2) is 36.4 Å². The summed E-state index contributed by atoms with van der Waals surface area (Å²) in [5.74, 6) is 1.30. The molecule has 0 atom stereocenters. The van der Waals surface area contributed by atoms with Gasteiger partial charge in [0, 0.05) is 29.3 Å². The van der Waals surface area contributed by atoms with Gasteiger partial charge in [0.1, 0.15) is 6.61 Å². The summed E-state index contributed by atoms with van der Waals surface area (Å²) in [6.45, 7) is 4.58. The van der Waals surface area contributed by atoms with E-state index >= 15 is 0 Å². The van der Waals surface area contributed by atoms with E-state index in [-0.39, 0.29) is 6.61 Å². The second-order valence-corrected chi connectivity index (χ2v) is 6.69. The average Bonchev–Trinajstić information content (AvgIpc) is 2.64. The summed E-state index contributed by atoms with van der Waals surface area (Å²) in [5, 5.41) is 13.5. The van der Waals surface area contributed by atoms with Gasteiger partial charge in [0.05, 0.1) is 6.61 Å². The van der Waals surface area contributed by atoms with Crippen molar-refractivity contribution in [2.75, 3.05) is 19.8 Å². The quantitative estimate of drug-likeness (QED) is 0.532. The molecule has 4 nitrogen and oxygen atoms in total. The minimum absolute atomic E-state index is 0.219. The lowest BCUT2D eigenvalue weighted by Crippen LogP contribution is -2.15. The molecule has 0 unspecified atom stereocenters. The Morgan fingerprint density at radius 1 is 1.00 bits per heavy atom. The minimum atomic E-state index is 0.219. The van der Waals surface area contributed by atoms with E-state index in [4.69, 9.17) is 37.8 Å². The molecule has 2 aromatic carbocycles. The summed E-state index contributed by atoms with van der Waals surface area (Å²) >= 11 is 12.3. The second-order valence-electron chi connectivity index (χ2n) is 5.85. The van der Waals surface area contributed by atoms with Crippen LogP contribution in [0, 0.1) is 0 Å². The lowest BCUT2D eigenvalue weighted by Gasteiger charge is -2.15. The van der Waals surface area contributed by atoms with Crippen molar-refractivity contribution < 1.29 is 14.6 Å². The molecule has 0 radical (unpaired) electrons. The maximum Gasteiger partial charge on any atom is 0.163 e. The van der Waals surface area contributed by atoms with Gasteiger partial charge in [0.25, 0.3) is 0 Å². The van der Waals surface area contributed by atoms with Gasteiger partial charge in [-0.05, 0) is 55.6 Å². The zero-order valence-corrected chi connectivity index (χ0v) is 16.4. The number of aliphatic hydroxyl groups is 1. The third-order valence-corrected chi connectivity index (χ3v) is 4.40. The van der Waals surface area contributed by atoms with Gasteiger partial charge in [-0.15, -0.1) is 0 Å². The summed E-state index contributed by atoms with van der Waals surface area (Å²) in [6, 6.07) is 11.2. The van der Waals surface area contributed by atoms with Crippen molar-refractivity contribution in [3.63, 3.8) is 0 Å². The topological polar surface area (TPSA) is 50.7 Å². The zero-order chi connectivity index (χ0) is 18.8. The smallest absolute Gasteiger partial charge is 0.163 e. The Labute approximate surface area is 165 Å². The number of unbranched alkanes of at least 4 members (excludes halogenated alkanes) is 1. The molecule has 0 bridgehead atoms. The van der Waals surface area contributed by atoms with Crippen molar-refractivity contribution >= 4 is 23.2 Å². The van der Waals surface area contributed by atoms with Crippen molar-refractivity contribution in [3.8, 4) is 11.5 Å². The highest BCUT2D eigenvalue weighted by Crippen LogP contribution is 2.34. The first-order valence-corrected chi connectivity index (χ1v) is 9.53. The Morgan fingerprint density at radius 2 is 1.73 bits per heavy atom. The van der Waals surface area contributed by atoms with Crippen LogP contribution in [-0.2, 0) is 13.2 Å². The molecule has 0 amide bonds. The zero-order valence-electron chi connectivity index (χ0n) is 14.9. The van der Waals surface area contributed by atoms with Crippen molar-refractivity contribution in [3.05, 3.63) is 57.6 Å². The van der Waals surface area contributed by atoms with E-state index in [1.54, 1.807) is 6.07 Å². The van der Waals surface area contributed by atoms with E-state index in [2.05, 4.69) is 5.32 Å². The molecule has 0 fully saturated rings. The maximum atomic E-state index is 8.81. The van der Waals surface area contributed by atoms with Crippen molar-refractivity contribution in [2.24, 2.45) is 0 Å². The number of halogens is 2. The molecule has 0 saturated carbocycles. The number of ether oxygens (including phenoxy) is 2. The van der Waals surface area contributed by atoms with E-state index in [0.29, 0.717) is 41.3 Å². The molecule has 26 heavy (non-hydrogen) atoms. The van der Waals surface area contributed by atoms with Crippen LogP contribution in [0.1, 0.15) is 30.9 Å². The highest BCUT2D eigenvalue weighted by atomic mass is 35.5. The van der Waals surface area contributed by atoms with Gasteiger partial charge in [-0.3, -0.25) is 0 Å². The molecular formula is C20H25Cl2NO3. The summed E-state index contributed by atoms with van der Waals surface area (Å²) in [4.78, 5) is 0. The monoisotopic (exact) mass is 397 g/mol. The van der Waals surface area contributed by atoms with Crippen molar-refractivity contribution in [1.29, 1.82) is 0 Å². The summed E-state index contributed by atoms with van der Waals surface area (Å²) in [6.07, 6.45) is 1.72. The standard InChI is InChI=1S/C20H25Cl2NO3/c1-2-25-19-11-16(13-23-9-3-4-10-24)18(22)12-20(19)26-14-15-5-7-17(21)8-6-15/h5-8,11-12,23-24H,2-4,9-10,13-14H2,1H3. The van der Waals surface area contributed by atoms with Crippen LogP contribution >= 0.6 is 23.2 Å². The van der Waals surface area contributed by atoms with Crippen LogP contribution in [0.25, 0.3) is 0 Å². The van der Waals surface area contributed by atoms with Crippen LogP contribution in [-0.4, -0.2) is 24.9 Å². The first-order chi connectivity index (χ1) is 12.6. The fourth-order valence-corrected chi connectivity index (χ4v) is 2.77. The second kappa shape index (κ2) is 11.3. The SMILES string of the molecule is CCOc1cc(CNCCCCO)c(Cl)cc1OCc1ccc(Cl)cc1. The Hall–Kier alpha value is -1.46. The normalized spacial score (nSPS) is 10.8. The molecule has 2 N–H and O–H groups in total. The predicted molar refractivity (Wildman–Crippen MR) is 106 cm³/mol. The molecule has 2 aromatic rings. The molecule has 0 aliphatic heterocycles. The summed E-state index contributed by atoms with van der Waals surface area (Å²) in [7, 11) is 0. The highest BCUT2D eigenvalue weighted by Gasteiger charge is 2.11. The third kappa shape index (κ3) is 6.69. The fourth-order valence-electron chi connectivity index (χ4n) is 2.42. The number of benzene rings is 2. The molecule has 0 aromatic heterocycles. The number of hydrogen-bond donors (Lipinski definition) is 2. The fraction of sp³-hybridized carbons (Fsp3) is 0.400. The van der Waals surface area contributed by atoms with E-state index < -0.39 is 0 Å². The molecule has 0 saturated heterocycles. The van der Waals surface area contributed by atoms with Crippen LogP contribution in [0.4, 0.5) is 0 Å². The number of rotatable bonds is 11. The largest absolute Gasteiger partial charge is 0.490 e. The Kier molecular flexibility index (Phi) is 9.06.